The largest absolute Gasteiger partial charge is 0.465 e. The van der Waals surface area contributed by atoms with Crippen molar-refractivity contribution < 1.29 is 14.3 Å². The van der Waals surface area contributed by atoms with Gasteiger partial charge in [-0.05, 0) is 38.5 Å². The first-order valence-electron chi connectivity index (χ1n) is 9.14. The molecule has 26 heavy (non-hydrogen) atoms. The Morgan fingerprint density at radius 3 is 2.77 bits per heavy atom. The third-order valence-electron chi connectivity index (χ3n) is 4.48. The standard InChI is InChI=1S/C21H30N2O3/c1-5-26-21(24)18(3)22(12-13-25-4)16-20-10-7-11-23(20)15-19-9-6-8-17(2)14-19/h6-11,14,18H,5,12-13,15-16H2,1-4H3/t18-/m0/s1. The Morgan fingerprint density at radius 2 is 2.08 bits per heavy atom. The molecule has 0 spiro atoms. The first-order valence-corrected chi connectivity index (χ1v) is 9.14. The molecule has 0 saturated carbocycles. The Hall–Kier alpha value is -2.11. The lowest BCUT2D eigenvalue weighted by molar-refractivity contribution is -0.149. The number of hydrogen-bond donors (Lipinski definition) is 0. The zero-order chi connectivity index (χ0) is 18.9. The van der Waals surface area contributed by atoms with Crippen molar-refractivity contribution in [2.75, 3.05) is 26.9 Å². The number of hydrogen-bond acceptors (Lipinski definition) is 4. The van der Waals surface area contributed by atoms with Crippen LogP contribution in [-0.2, 0) is 27.4 Å². The monoisotopic (exact) mass is 358 g/mol. The maximum absolute atomic E-state index is 12.2. The number of rotatable bonds is 10. The molecule has 0 unspecified atom stereocenters. The van der Waals surface area contributed by atoms with Gasteiger partial charge < -0.3 is 14.0 Å². The number of esters is 1. The van der Waals surface area contributed by atoms with Crippen LogP contribution < -0.4 is 0 Å². The van der Waals surface area contributed by atoms with Crippen molar-refractivity contribution in [1.29, 1.82) is 0 Å². The zero-order valence-corrected chi connectivity index (χ0v) is 16.3. The van der Waals surface area contributed by atoms with Gasteiger partial charge in [0.15, 0.2) is 0 Å². The first-order chi connectivity index (χ1) is 12.5. The average Bonchev–Trinajstić information content (AvgIpc) is 3.05. The molecule has 0 aliphatic carbocycles. The lowest BCUT2D eigenvalue weighted by Gasteiger charge is -2.27. The number of aromatic nitrogens is 1. The van der Waals surface area contributed by atoms with Crippen LogP contribution in [-0.4, -0.2) is 48.3 Å². The third-order valence-corrected chi connectivity index (χ3v) is 4.48. The molecule has 1 aromatic carbocycles. The molecule has 142 valence electrons. The molecule has 0 aliphatic heterocycles. The van der Waals surface area contributed by atoms with Gasteiger partial charge in [0.05, 0.1) is 13.2 Å². The summed E-state index contributed by atoms with van der Waals surface area (Å²) < 4.78 is 12.6. The van der Waals surface area contributed by atoms with Gasteiger partial charge in [-0.25, -0.2) is 0 Å². The molecule has 5 heteroatoms. The second-order valence-electron chi connectivity index (χ2n) is 6.51. The van der Waals surface area contributed by atoms with Crippen molar-refractivity contribution >= 4 is 5.97 Å². The van der Waals surface area contributed by atoms with Gasteiger partial charge in [0, 0.05) is 38.6 Å². The lowest BCUT2D eigenvalue weighted by atomic mass is 10.1. The fourth-order valence-corrected chi connectivity index (χ4v) is 2.99. The van der Waals surface area contributed by atoms with E-state index in [4.69, 9.17) is 9.47 Å². The van der Waals surface area contributed by atoms with Crippen LogP contribution in [0.3, 0.4) is 0 Å². The van der Waals surface area contributed by atoms with Gasteiger partial charge in [0.2, 0.25) is 0 Å². The molecule has 1 atom stereocenters. The first kappa shape index (κ1) is 20.2. The van der Waals surface area contributed by atoms with Gasteiger partial charge in [-0.3, -0.25) is 9.69 Å². The topological polar surface area (TPSA) is 43.7 Å². The van der Waals surface area contributed by atoms with E-state index < -0.39 is 0 Å². The van der Waals surface area contributed by atoms with E-state index >= 15 is 0 Å². The van der Waals surface area contributed by atoms with E-state index in [1.54, 1.807) is 7.11 Å². The highest BCUT2D eigenvalue weighted by Gasteiger charge is 2.23. The highest BCUT2D eigenvalue weighted by molar-refractivity contribution is 5.75. The van der Waals surface area contributed by atoms with Crippen LogP contribution in [0.4, 0.5) is 0 Å². The number of ether oxygens (including phenoxy) is 2. The maximum atomic E-state index is 12.2. The summed E-state index contributed by atoms with van der Waals surface area (Å²) >= 11 is 0. The van der Waals surface area contributed by atoms with Crippen molar-refractivity contribution in [3.8, 4) is 0 Å². The molecule has 2 rings (SSSR count). The Bertz CT molecular complexity index is 696. The molecule has 0 fully saturated rings. The Kier molecular flexibility index (Phi) is 7.88. The SMILES string of the molecule is CCOC(=O)[C@H](C)N(CCOC)Cc1cccn1Cc1cccc(C)c1. The number of aryl methyl sites for hydroxylation is 1. The van der Waals surface area contributed by atoms with Crippen LogP contribution >= 0.6 is 0 Å². The minimum absolute atomic E-state index is 0.194. The minimum Gasteiger partial charge on any atom is -0.465 e. The van der Waals surface area contributed by atoms with Gasteiger partial charge in [0.1, 0.15) is 6.04 Å². The summed E-state index contributed by atoms with van der Waals surface area (Å²) in [5, 5.41) is 0. The van der Waals surface area contributed by atoms with Gasteiger partial charge in [-0.2, -0.15) is 0 Å². The summed E-state index contributed by atoms with van der Waals surface area (Å²) in [7, 11) is 1.67. The van der Waals surface area contributed by atoms with Crippen LogP contribution in [0.25, 0.3) is 0 Å². The van der Waals surface area contributed by atoms with Crippen molar-refractivity contribution in [3.05, 3.63) is 59.4 Å². The number of carbonyl (C=O) groups is 1. The van der Waals surface area contributed by atoms with E-state index in [-0.39, 0.29) is 12.0 Å². The number of benzene rings is 1. The van der Waals surface area contributed by atoms with E-state index in [0.717, 1.165) is 6.54 Å². The summed E-state index contributed by atoms with van der Waals surface area (Å²) in [4.78, 5) is 14.3. The second kappa shape index (κ2) is 10.1. The number of carbonyl (C=O) groups excluding carboxylic acids is 1. The summed E-state index contributed by atoms with van der Waals surface area (Å²) in [6.45, 7) is 8.95. The van der Waals surface area contributed by atoms with E-state index in [9.17, 15) is 4.79 Å². The predicted molar refractivity (Wildman–Crippen MR) is 103 cm³/mol. The molecule has 0 amide bonds. The summed E-state index contributed by atoms with van der Waals surface area (Å²) in [5.41, 5.74) is 3.69. The lowest BCUT2D eigenvalue weighted by Crippen LogP contribution is -2.41. The molecule has 0 aliphatic rings. The van der Waals surface area contributed by atoms with E-state index in [1.807, 2.05) is 13.8 Å². The number of methoxy groups -OCH3 is 1. The smallest absolute Gasteiger partial charge is 0.323 e. The van der Waals surface area contributed by atoms with E-state index in [2.05, 4.69) is 59.0 Å². The van der Waals surface area contributed by atoms with Gasteiger partial charge >= 0.3 is 5.97 Å². The Morgan fingerprint density at radius 1 is 1.27 bits per heavy atom. The molecule has 0 saturated heterocycles. The molecule has 0 radical (unpaired) electrons. The molecule has 5 nitrogen and oxygen atoms in total. The fourth-order valence-electron chi connectivity index (χ4n) is 2.99. The summed E-state index contributed by atoms with van der Waals surface area (Å²) in [5.74, 6) is -0.194. The summed E-state index contributed by atoms with van der Waals surface area (Å²) in [6, 6.07) is 12.4. The van der Waals surface area contributed by atoms with Crippen molar-refractivity contribution in [3.63, 3.8) is 0 Å². The van der Waals surface area contributed by atoms with Crippen LogP contribution in [0.15, 0.2) is 42.6 Å². The molecular weight excluding hydrogens is 328 g/mol. The molecular formula is C21H30N2O3. The molecule has 1 heterocycles. The van der Waals surface area contributed by atoms with Gasteiger partial charge in [-0.15, -0.1) is 0 Å². The third kappa shape index (κ3) is 5.71. The normalized spacial score (nSPS) is 12.3. The zero-order valence-electron chi connectivity index (χ0n) is 16.3. The average molecular weight is 358 g/mol. The van der Waals surface area contributed by atoms with Crippen molar-refractivity contribution in [2.24, 2.45) is 0 Å². The van der Waals surface area contributed by atoms with Crippen molar-refractivity contribution in [1.82, 2.24) is 9.47 Å². The van der Waals surface area contributed by atoms with Crippen LogP contribution in [0.1, 0.15) is 30.7 Å². The van der Waals surface area contributed by atoms with Gasteiger partial charge in [0.25, 0.3) is 0 Å². The second-order valence-corrected chi connectivity index (χ2v) is 6.51. The molecule has 1 aromatic heterocycles. The van der Waals surface area contributed by atoms with E-state index in [1.165, 1.54) is 16.8 Å². The minimum atomic E-state index is -0.313. The quantitative estimate of drug-likeness (QED) is 0.612. The molecule has 2 aromatic rings. The van der Waals surface area contributed by atoms with Crippen molar-refractivity contribution in [2.45, 2.75) is 39.9 Å². The fraction of sp³-hybridized carbons (Fsp3) is 0.476. The predicted octanol–water partition coefficient (Wildman–Crippen LogP) is 3.24. The highest BCUT2D eigenvalue weighted by atomic mass is 16.5. The van der Waals surface area contributed by atoms with Crippen LogP contribution in [0.5, 0.6) is 0 Å². The molecule has 0 bridgehead atoms. The van der Waals surface area contributed by atoms with E-state index in [0.29, 0.717) is 26.3 Å². The summed E-state index contributed by atoms with van der Waals surface area (Å²) in [6.07, 6.45) is 2.08. The Balaban J connectivity index is 2.12. The Labute approximate surface area is 156 Å². The van der Waals surface area contributed by atoms with Gasteiger partial charge in [-0.1, -0.05) is 29.8 Å². The number of nitrogens with zero attached hydrogens (tertiary/aromatic N) is 2. The van der Waals surface area contributed by atoms with Crippen LogP contribution in [0.2, 0.25) is 0 Å². The van der Waals surface area contributed by atoms with Crippen LogP contribution in [0, 0.1) is 6.92 Å². The maximum Gasteiger partial charge on any atom is 0.323 e. The molecule has 0 N–H and O–H groups in total. The highest BCUT2D eigenvalue weighted by Crippen LogP contribution is 2.14.